The van der Waals surface area contributed by atoms with Gasteiger partial charge in [-0.2, -0.15) is 0 Å². The molecule has 1 fully saturated rings. The highest BCUT2D eigenvalue weighted by molar-refractivity contribution is 4.88. The van der Waals surface area contributed by atoms with Crippen molar-refractivity contribution in [3.8, 4) is 0 Å². The second-order valence-electron chi connectivity index (χ2n) is 5.63. The van der Waals surface area contributed by atoms with Crippen molar-refractivity contribution in [1.82, 2.24) is 4.90 Å². The van der Waals surface area contributed by atoms with Crippen LogP contribution in [-0.2, 0) is 9.47 Å². The van der Waals surface area contributed by atoms with E-state index in [0.717, 1.165) is 26.4 Å². The van der Waals surface area contributed by atoms with Crippen molar-refractivity contribution in [3.63, 3.8) is 0 Å². The Balaban J connectivity index is 2.38. The predicted octanol–water partition coefficient (Wildman–Crippen LogP) is 1.38. The molecule has 0 N–H and O–H groups in total. The van der Waals surface area contributed by atoms with Crippen LogP contribution in [0.1, 0.15) is 20.8 Å². The molecule has 0 atom stereocenters. The molecule has 0 bridgehead atoms. The molecule has 0 aromatic rings. The van der Waals surface area contributed by atoms with Crippen LogP contribution in [0.15, 0.2) is 0 Å². The zero-order valence-electron chi connectivity index (χ0n) is 10.1. The quantitative estimate of drug-likeness (QED) is 0.686. The fourth-order valence-electron chi connectivity index (χ4n) is 1.65. The highest BCUT2D eigenvalue weighted by atomic mass is 16.5. The van der Waals surface area contributed by atoms with E-state index in [9.17, 15) is 0 Å². The summed E-state index contributed by atoms with van der Waals surface area (Å²) in [5.74, 6) is 0. The zero-order valence-corrected chi connectivity index (χ0v) is 10.1. The monoisotopic (exact) mass is 201 g/mol. The SMILES string of the molecule is CN(C)CC1(COC(C)(C)C)COC1. The Bertz CT molecular complexity index is 180. The Kier molecular flexibility index (Phi) is 3.56. The van der Waals surface area contributed by atoms with Gasteiger partial charge in [-0.25, -0.2) is 0 Å². The van der Waals surface area contributed by atoms with Gasteiger partial charge >= 0.3 is 0 Å². The fraction of sp³-hybridized carbons (Fsp3) is 1.00. The van der Waals surface area contributed by atoms with E-state index < -0.39 is 0 Å². The average molecular weight is 201 g/mol. The van der Waals surface area contributed by atoms with E-state index in [2.05, 4.69) is 39.8 Å². The average Bonchev–Trinajstić information content (AvgIpc) is 1.92. The molecule has 14 heavy (non-hydrogen) atoms. The molecule has 3 nitrogen and oxygen atoms in total. The maximum absolute atomic E-state index is 5.83. The van der Waals surface area contributed by atoms with Gasteiger partial charge in [-0.1, -0.05) is 0 Å². The molecule has 0 aromatic heterocycles. The van der Waals surface area contributed by atoms with Crippen molar-refractivity contribution >= 4 is 0 Å². The molecule has 1 aliphatic heterocycles. The van der Waals surface area contributed by atoms with E-state index in [0.29, 0.717) is 0 Å². The van der Waals surface area contributed by atoms with E-state index in [1.54, 1.807) is 0 Å². The molecule has 3 heteroatoms. The molecule has 1 saturated heterocycles. The van der Waals surface area contributed by atoms with E-state index in [4.69, 9.17) is 9.47 Å². The third-order valence-electron chi connectivity index (χ3n) is 2.28. The molecule has 0 radical (unpaired) electrons. The first-order chi connectivity index (χ1) is 6.33. The van der Waals surface area contributed by atoms with Gasteiger partial charge in [0.2, 0.25) is 0 Å². The maximum atomic E-state index is 5.83. The third kappa shape index (κ3) is 3.56. The van der Waals surface area contributed by atoms with Gasteiger partial charge in [-0.15, -0.1) is 0 Å². The lowest BCUT2D eigenvalue weighted by Gasteiger charge is -2.44. The van der Waals surface area contributed by atoms with Crippen molar-refractivity contribution in [1.29, 1.82) is 0 Å². The van der Waals surface area contributed by atoms with Crippen molar-refractivity contribution < 1.29 is 9.47 Å². The van der Waals surface area contributed by atoms with Crippen LogP contribution < -0.4 is 0 Å². The molecule has 84 valence electrons. The molecule has 0 saturated carbocycles. The molecule has 1 aliphatic rings. The van der Waals surface area contributed by atoms with E-state index in [1.807, 2.05) is 0 Å². The van der Waals surface area contributed by atoms with Gasteiger partial charge in [0.25, 0.3) is 0 Å². The van der Waals surface area contributed by atoms with E-state index in [-0.39, 0.29) is 11.0 Å². The predicted molar refractivity (Wildman–Crippen MR) is 57.5 cm³/mol. The molecular weight excluding hydrogens is 178 g/mol. The Morgan fingerprint density at radius 1 is 1.29 bits per heavy atom. The Labute approximate surface area is 87.4 Å². The lowest BCUT2D eigenvalue weighted by molar-refractivity contribution is -0.176. The number of ether oxygens (including phenoxy) is 2. The van der Waals surface area contributed by atoms with Gasteiger partial charge in [0.15, 0.2) is 0 Å². The van der Waals surface area contributed by atoms with Crippen LogP contribution >= 0.6 is 0 Å². The molecule has 0 aromatic carbocycles. The van der Waals surface area contributed by atoms with Crippen molar-refractivity contribution in [3.05, 3.63) is 0 Å². The van der Waals surface area contributed by atoms with Gasteiger partial charge in [-0.3, -0.25) is 0 Å². The first-order valence-corrected chi connectivity index (χ1v) is 5.20. The maximum Gasteiger partial charge on any atom is 0.0598 e. The summed E-state index contributed by atoms with van der Waals surface area (Å²) in [6, 6.07) is 0. The lowest BCUT2D eigenvalue weighted by Crippen LogP contribution is -2.53. The van der Waals surface area contributed by atoms with E-state index >= 15 is 0 Å². The normalized spacial score (nSPS) is 21.0. The van der Waals surface area contributed by atoms with Crippen LogP contribution in [0.4, 0.5) is 0 Å². The van der Waals surface area contributed by atoms with Gasteiger partial charge in [-0.05, 0) is 34.9 Å². The number of rotatable bonds is 4. The van der Waals surface area contributed by atoms with Crippen molar-refractivity contribution in [2.45, 2.75) is 26.4 Å². The minimum Gasteiger partial charge on any atom is -0.380 e. The molecule has 1 heterocycles. The largest absolute Gasteiger partial charge is 0.380 e. The Hall–Kier alpha value is -0.120. The van der Waals surface area contributed by atoms with Gasteiger partial charge in [0.1, 0.15) is 0 Å². The summed E-state index contributed by atoms with van der Waals surface area (Å²) in [5, 5.41) is 0. The molecule has 1 rings (SSSR count). The summed E-state index contributed by atoms with van der Waals surface area (Å²) >= 11 is 0. The second kappa shape index (κ2) is 4.17. The number of nitrogens with zero attached hydrogens (tertiary/aromatic N) is 1. The smallest absolute Gasteiger partial charge is 0.0598 e. The van der Waals surface area contributed by atoms with Gasteiger partial charge < -0.3 is 14.4 Å². The first kappa shape index (κ1) is 12.0. The number of hydrogen-bond acceptors (Lipinski definition) is 3. The van der Waals surface area contributed by atoms with Crippen LogP contribution in [-0.4, -0.2) is 51.0 Å². The standard InChI is InChI=1S/C11H23NO2/c1-10(2,3)14-9-11(6-12(4)5)7-13-8-11/h6-9H2,1-5H3. The Morgan fingerprint density at radius 3 is 2.14 bits per heavy atom. The fourth-order valence-corrected chi connectivity index (χ4v) is 1.65. The Morgan fingerprint density at radius 2 is 1.86 bits per heavy atom. The lowest BCUT2D eigenvalue weighted by atomic mass is 9.86. The molecule has 0 aliphatic carbocycles. The molecule has 0 unspecified atom stereocenters. The minimum atomic E-state index is -0.0467. The second-order valence-corrected chi connectivity index (χ2v) is 5.63. The summed E-state index contributed by atoms with van der Waals surface area (Å²) in [6.45, 7) is 9.79. The van der Waals surface area contributed by atoms with Crippen LogP contribution in [0.5, 0.6) is 0 Å². The van der Waals surface area contributed by atoms with Gasteiger partial charge in [0.05, 0.1) is 30.8 Å². The molecule has 0 spiro atoms. The summed E-state index contributed by atoms with van der Waals surface area (Å²) in [7, 11) is 4.19. The van der Waals surface area contributed by atoms with Crippen molar-refractivity contribution in [2.24, 2.45) is 5.41 Å². The summed E-state index contributed by atoms with van der Waals surface area (Å²) in [5.41, 5.74) is 0.186. The van der Waals surface area contributed by atoms with Crippen LogP contribution in [0.2, 0.25) is 0 Å². The summed E-state index contributed by atoms with van der Waals surface area (Å²) in [6.07, 6.45) is 0. The highest BCUT2D eigenvalue weighted by Gasteiger charge is 2.40. The summed E-state index contributed by atoms with van der Waals surface area (Å²) in [4.78, 5) is 2.20. The van der Waals surface area contributed by atoms with Crippen LogP contribution in [0.25, 0.3) is 0 Å². The van der Waals surface area contributed by atoms with Gasteiger partial charge in [0, 0.05) is 6.54 Å². The van der Waals surface area contributed by atoms with Crippen LogP contribution in [0.3, 0.4) is 0 Å². The topological polar surface area (TPSA) is 21.7 Å². The zero-order chi connectivity index (χ0) is 10.8. The molecule has 0 amide bonds. The van der Waals surface area contributed by atoms with Crippen LogP contribution in [0, 0.1) is 5.41 Å². The van der Waals surface area contributed by atoms with E-state index in [1.165, 1.54) is 0 Å². The number of hydrogen-bond donors (Lipinski definition) is 0. The summed E-state index contributed by atoms with van der Waals surface area (Å²) < 4.78 is 11.1. The first-order valence-electron chi connectivity index (χ1n) is 5.20. The van der Waals surface area contributed by atoms with Crippen molar-refractivity contribution in [2.75, 3.05) is 40.5 Å². The highest BCUT2D eigenvalue weighted by Crippen LogP contribution is 2.30. The third-order valence-corrected chi connectivity index (χ3v) is 2.28. The minimum absolute atomic E-state index is 0.0467. The molecular formula is C11H23NO2.